The summed E-state index contributed by atoms with van der Waals surface area (Å²) in [4.78, 5) is 37.5. The molecule has 0 amide bonds. The number of benzene rings is 3. The van der Waals surface area contributed by atoms with Gasteiger partial charge in [0.05, 0.1) is 18.3 Å². The fourth-order valence-electron chi connectivity index (χ4n) is 6.77. The van der Waals surface area contributed by atoms with Gasteiger partial charge in [0, 0.05) is 53.2 Å². The van der Waals surface area contributed by atoms with Gasteiger partial charge in [-0.25, -0.2) is 23.2 Å². The van der Waals surface area contributed by atoms with E-state index in [2.05, 4.69) is 31.6 Å². The Morgan fingerprint density at radius 2 is 1.69 bits per heavy atom. The summed E-state index contributed by atoms with van der Waals surface area (Å²) in [7, 11) is -4.88. The number of phosphoric acid groups is 1. The maximum Gasteiger partial charge on any atom is 0.350 e. The molecule has 0 saturated carbocycles. The van der Waals surface area contributed by atoms with Crippen molar-refractivity contribution in [3.63, 3.8) is 0 Å². The molecule has 15 nitrogen and oxygen atoms in total. The molecule has 2 saturated heterocycles. The number of aromatic nitrogens is 5. The van der Waals surface area contributed by atoms with E-state index in [1.54, 1.807) is 52.4 Å². The Morgan fingerprint density at radius 1 is 1.04 bits per heavy atom. The Balaban J connectivity index is 0.933. The van der Waals surface area contributed by atoms with Crippen molar-refractivity contribution in [2.24, 2.45) is 0 Å². The van der Waals surface area contributed by atoms with Gasteiger partial charge in [-0.15, -0.1) is 0 Å². The number of ether oxygens (including phenoxy) is 3. The normalized spacial score (nSPS) is 20.4. The minimum Gasteiger partial charge on any atom is -0.756 e. The van der Waals surface area contributed by atoms with Crippen LogP contribution in [0.15, 0.2) is 96.6 Å². The summed E-state index contributed by atoms with van der Waals surface area (Å²) in [5, 5.41) is 5.17. The second-order valence-corrected chi connectivity index (χ2v) is 15.6. The molecule has 0 aliphatic carbocycles. The number of nitrogens with zero attached hydrogens (tertiary/aromatic N) is 7. The van der Waals surface area contributed by atoms with Crippen molar-refractivity contribution in [3.05, 3.63) is 118 Å². The van der Waals surface area contributed by atoms with E-state index >= 15 is 0 Å². The van der Waals surface area contributed by atoms with Crippen LogP contribution in [0.1, 0.15) is 31.9 Å². The van der Waals surface area contributed by atoms with Crippen LogP contribution in [0, 0.1) is 0 Å². The first kappa shape index (κ1) is 39.1. The van der Waals surface area contributed by atoms with Crippen LogP contribution in [-0.4, -0.2) is 69.5 Å². The highest BCUT2D eigenvalue weighted by molar-refractivity contribution is 7.44. The van der Waals surface area contributed by atoms with Gasteiger partial charge in [0.1, 0.15) is 37.6 Å². The van der Waals surface area contributed by atoms with Gasteiger partial charge >= 0.3 is 5.69 Å². The summed E-state index contributed by atoms with van der Waals surface area (Å²) in [6, 6.07) is 21.2. The lowest BCUT2D eigenvalue weighted by atomic mass is 9.94. The van der Waals surface area contributed by atoms with Crippen molar-refractivity contribution in [2.45, 2.75) is 51.5 Å². The van der Waals surface area contributed by atoms with Gasteiger partial charge < -0.3 is 33.8 Å². The summed E-state index contributed by atoms with van der Waals surface area (Å²) in [6.45, 7) is 7.54. The Morgan fingerprint density at radius 3 is 2.33 bits per heavy atom. The van der Waals surface area contributed by atoms with E-state index in [9.17, 15) is 14.3 Å². The van der Waals surface area contributed by atoms with Gasteiger partial charge in [-0.1, -0.05) is 36.2 Å². The second kappa shape index (κ2) is 16.5. The monoisotopic (exact) mass is 813 g/mol. The molecule has 2 aliphatic heterocycles. The third-order valence-corrected chi connectivity index (χ3v) is 10.9. The smallest absolute Gasteiger partial charge is 0.350 e. The first-order valence-corrected chi connectivity index (χ1v) is 20.1. The summed E-state index contributed by atoms with van der Waals surface area (Å²) < 4.78 is 40.6. The number of piperazine rings is 1. The zero-order valence-electron chi connectivity index (χ0n) is 30.3. The van der Waals surface area contributed by atoms with Crippen LogP contribution in [0.2, 0.25) is 10.0 Å². The summed E-state index contributed by atoms with van der Waals surface area (Å²) in [5.74, 6) is 0.663. The molecule has 1 N–H and O–H groups in total. The minimum absolute atomic E-state index is 0.0458. The first-order chi connectivity index (χ1) is 26.4. The second-order valence-electron chi connectivity index (χ2n) is 13.6. The average molecular weight is 815 g/mol. The topological polar surface area (TPSA) is 152 Å². The molecule has 292 valence electrons. The van der Waals surface area contributed by atoms with E-state index in [4.69, 9.17) is 42.3 Å². The standard InChI is InChI=1S/C37H42Cl2N7O8P/c1-3-27(2)46-36(47)45(24-40-46)31-7-5-29(6-8-31)43-16-18-44(19-17-43)30-9-11-32(12-10-30)51-21-35-52-23-37(54-35,33-13-4-28(38)20-34(33)39)22-41-14-15-42(25-41)26-53-55(48,49)50/h4-15,20,24-25,27,35H,3,16-19,21-23,26H2,1-2H3,(H-,48,49,50)/t27-,35-,37+/m1/s1. The van der Waals surface area contributed by atoms with Gasteiger partial charge in [0.25, 0.3) is 7.82 Å². The molecule has 4 atom stereocenters. The number of halogens is 2. The van der Waals surface area contributed by atoms with Crippen molar-refractivity contribution < 1.29 is 37.7 Å². The minimum atomic E-state index is -4.88. The van der Waals surface area contributed by atoms with E-state index < -0.39 is 26.4 Å². The van der Waals surface area contributed by atoms with Crippen molar-refractivity contribution in [2.75, 3.05) is 49.2 Å². The molecule has 2 fully saturated rings. The SMILES string of the molecule is CC[C@@H](C)n1ncn(-c2ccc(N3CCN(c4ccc(OC[C@@H]5OC[C@@](Cn6cc[n+](COP(=O)([O-])O)c6)(c6ccc(Cl)cc6Cl)O5)cc4)CC3)cc2)c1=O. The summed E-state index contributed by atoms with van der Waals surface area (Å²) >= 11 is 12.9. The van der Waals surface area contributed by atoms with E-state index in [0.29, 0.717) is 21.4 Å². The molecule has 55 heavy (non-hydrogen) atoms. The Hall–Kier alpha value is -4.18. The van der Waals surface area contributed by atoms with Crippen LogP contribution >= 0.6 is 31.0 Å². The molecule has 2 aromatic heterocycles. The zero-order valence-corrected chi connectivity index (χ0v) is 32.7. The number of anilines is 2. The van der Waals surface area contributed by atoms with Crippen molar-refractivity contribution in [3.8, 4) is 11.4 Å². The van der Waals surface area contributed by atoms with Gasteiger partial charge in [-0.2, -0.15) is 5.10 Å². The lowest BCUT2D eigenvalue weighted by Gasteiger charge is -2.37. The third kappa shape index (κ3) is 9.11. The van der Waals surface area contributed by atoms with Crippen molar-refractivity contribution >= 4 is 42.4 Å². The summed E-state index contributed by atoms with van der Waals surface area (Å²) in [5.41, 5.74) is 2.50. The predicted octanol–water partition coefficient (Wildman–Crippen LogP) is 4.51. The highest BCUT2D eigenvalue weighted by atomic mass is 35.5. The molecular weight excluding hydrogens is 772 g/mol. The van der Waals surface area contributed by atoms with Gasteiger partial charge in [0.15, 0.2) is 18.6 Å². The Kier molecular flexibility index (Phi) is 11.7. The number of hydrogen-bond acceptors (Lipinski definition) is 10. The van der Waals surface area contributed by atoms with E-state index in [1.807, 2.05) is 50.2 Å². The maximum absolute atomic E-state index is 12.8. The van der Waals surface area contributed by atoms with Gasteiger partial charge in [-0.05, 0) is 74.0 Å². The average Bonchev–Trinajstić information content (AvgIpc) is 3.92. The van der Waals surface area contributed by atoms with Crippen LogP contribution in [0.5, 0.6) is 5.75 Å². The van der Waals surface area contributed by atoms with Crippen LogP contribution in [0.25, 0.3) is 5.69 Å². The molecule has 7 rings (SSSR count). The molecule has 1 unspecified atom stereocenters. The van der Waals surface area contributed by atoms with Crippen molar-refractivity contribution in [1.29, 1.82) is 0 Å². The molecule has 3 aromatic carbocycles. The van der Waals surface area contributed by atoms with E-state index in [0.717, 1.165) is 49.7 Å². The molecular formula is C37H42Cl2N7O8P. The Labute approximate surface area is 328 Å². The molecule has 0 bridgehead atoms. The highest BCUT2D eigenvalue weighted by Crippen LogP contribution is 2.40. The fourth-order valence-corrected chi connectivity index (χ4v) is 7.63. The lowest BCUT2D eigenvalue weighted by Crippen LogP contribution is -2.46. The van der Waals surface area contributed by atoms with Crippen LogP contribution < -0.4 is 29.7 Å². The van der Waals surface area contributed by atoms with Crippen LogP contribution in [-0.2, 0) is 37.4 Å². The van der Waals surface area contributed by atoms with E-state index in [-0.39, 0.29) is 31.5 Å². The van der Waals surface area contributed by atoms with Gasteiger partial charge in [-0.3, -0.25) is 9.09 Å². The molecule has 4 heterocycles. The fraction of sp³-hybridized carbons (Fsp3) is 0.378. The predicted molar refractivity (Wildman–Crippen MR) is 204 cm³/mol. The highest BCUT2D eigenvalue weighted by Gasteiger charge is 2.46. The Bertz CT molecular complexity index is 2180. The lowest BCUT2D eigenvalue weighted by molar-refractivity contribution is -0.726. The quantitative estimate of drug-likeness (QED) is 0.125. The van der Waals surface area contributed by atoms with Crippen LogP contribution in [0.3, 0.4) is 0 Å². The number of rotatable bonds is 14. The molecule has 18 heteroatoms. The number of phosphoric ester groups is 1. The van der Waals surface area contributed by atoms with Gasteiger partial charge in [0.2, 0.25) is 6.33 Å². The number of imidazole rings is 1. The van der Waals surface area contributed by atoms with Crippen molar-refractivity contribution in [1.82, 2.24) is 18.9 Å². The van der Waals surface area contributed by atoms with E-state index in [1.165, 1.54) is 9.25 Å². The maximum atomic E-state index is 12.8. The largest absolute Gasteiger partial charge is 0.756 e. The van der Waals surface area contributed by atoms with Crippen LogP contribution in [0.4, 0.5) is 11.4 Å². The molecule has 0 radical (unpaired) electrons. The molecule has 0 spiro atoms. The summed E-state index contributed by atoms with van der Waals surface area (Å²) in [6.07, 6.45) is 6.62. The first-order valence-electron chi connectivity index (χ1n) is 17.9. The number of hydrogen-bond donors (Lipinski definition) is 1. The molecule has 2 aliphatic rings. The molecule has 5 aromatic rings. The third-order valence-electron chi connectivity index (χ3n) is 9.90. The zero-order chi connectivity index (χ0) is 38.7.